The third-order valence-corrected chi connectivity index (χ3v) is 5.44. The highest BCUT2D eigenvalue weighted by atomic mass is 32.2. The molecule has 28 heavy (non-hydrogen) atoms. The fourth-order valence-corrected chi connectivity index (χ4v) is 3.65. The van der Waals surface area contributed by atoms with E-state index in [-0.39, 0.29) is 5.56 Å². The van der Waals surface area contributed by atoms with Crippen LogP contribution in [-0.2, 0) is 4.79 Å². The fourth-order valence-electron chi connectivity index (χ4n) is 2.72. The summed E-state index contributed by atoms with van der Waals surface area (Å²) in [6.45, 7) is 5.58. The van der Waals surface area contributed by atoms with Crippen LogP contribution in [-0.4, -0.2) is 26.7 Å². The molecule has 0 unspecified atom stereocenters. The van der Waals surface area contributed by atoms with Crippen molar-refractivity contribution in [2.24, 2.45) is 5.73 Å². The van der Waals surface area contributed by atoms with Crippen molar-refractivity contribution >= 4 is 34.6 Å². The van der Waals surface area contributed by atoms with Crippen LogP contribution in [0.15, 0.2) is 52.4 Å². The van der Waals surface area contributed by atoms with Crippen LogP contribution in [0.5, 0.6) is 0 Å². The second-order valence-electron chi connectivity index (χ2n) is 6.43. The lowest BCUT2D eigenvalue weighted by Crippen LogP contribution is -2.39. The number of fused-ring (bicyclic) bond motifs is 1. The van der Waals surface area contributed by atoms with E-state index in [1.165, 1.54) is 4.57 Å². The number of aryl methyl sites for hydroxylation is 2. The van der Waals surface area contributed by atoms with Crippen LogP contribution in [0.2, 0.25) is 0 Å². The number of amides is 3. The van der Waals surface area contributed by atoms with Crippen LogP contribution >= 0.6 is 11.8 Å². The van der Waals surface area contributed by atoms with Gasteiger partial charge in [-0.05, 0) is 56.2 Å². The first-order valence-corrected chi connectivity index (χ1v) is 9.52. The Hall–Kier alpha value is -3.13. The number of nitrogens with zero attached hydrogens (tertiary/aromatic N) is 2. The molecule has 2 aromatic carbocycles. The molecule has 0 aliphatic rings. The zero-order chi connectivity index (χ0) is 20.4. The van der Waals surface area contributed by atoms with E-state index in [0.717, 1.165) is 22.9 Å². The molecule has 3 aromatic rings. The van der Waals surface area contributed by atoms with E-state index in [0.29, 0.717) is 21.7 Å². The Morgan fingerprint density at radius 2 is 1.86 bits per heavy atom. The molecular weight excluding hydrogens is 376 g/mol. The van der Waals surface area contributed by atoms with Gasteiger partial charge in [-0.3, -0.25) is 19.5 Å². The number of rotatable bonds is 4. The van der Waals surface area contributed by atoms with Crippen molar-refractivity contribution < 1.29 is 9.59 Å². The predicted octanol–water partition coefficient (Wildman–Crippen LogP) is 2.68. The van der Waals surface area contributed by atoms with Gasteiger partial charge in [-0.1, -0.05) is 30.0 Å². The van der Waals surface area contributed by atoms with E-state index >= 15 is 0 Å². The number of benzene rings is 2. The van der Waals surface area contributed by atoms with Gasteiger partial charge in [0.05, 0.1) is 21.8 Å². The van der Waals surface area contributed by atoms with Crippen molar-refractivity contribution in [1.29, 1.82) is 0 Å². The topological polar surface area (TPSA) is 107 Å². The van der Waals surface area contributed by atoms with Crippen molar-refractivity contribution in [2.45, 2.75) is 31.2 Å². The molecule has 0 aliphatic carbocycles. The van der Waals surface area contributed by atoms with Gasteiger partial charge >= 0.3 is 6.03 Å². The van der Waals surface area contributed by atoms with Crippen LogP contribution in [0.25, 0.3) is 16.6 Å². The minimum Gasteiger partial charge on any atom is -0.351 e. The molecular formula is C20H20N4O3S. The maximum absolute atomic E-state index is 13.2. The Labute approximate surface area is 166 Å². The third kappa shape index (κ3) is 3.91. The van der Waals surface area contributed by atoms with Crippen LogP contribution in [0.3, 0.4) is 0 Å². The zero-order valence-corrected chi connectivity index (χ0v) is 16.5. The van der Waals surface area contributed by atoms with E-state index in [9.17, 15) is 14.4 Å². The smallest absolute Gasteiger partial charge is 0.318 e. The second-order valence-corrected chi connectivity index (χ2v) is 7.74. The molecule has 1 aromatic heterocycles. The summed E-state index contributed by atoms with van der Waals surface area (Å²) < 4.78 is 1.49. The van der Waals surface area contributed by atoms with Crippen molar-refractivity contribution in [1.82, 2.24) is 14.9 Å². The summed E-state index contributed by atoms with van der Waals surface area (Å²) in [5, 5.41) is 2.22. The largest absolute Gasteiger partial charge is 0.351 e. The highest BCUT2D eigenvalue weighted by Gasteiger charge is 2.21. The SMILES string of the molecule is Cc1ccc(-n2c(S[C@@H](C)C(=O)NC(N)=O)nc3ccccc3c2=O)cc1C. The second kappa shape index (κ2) is 7.85. The maximum Gasteiger partial charge on any atom is 0.318 e. The van der Waals surface area contributed by atoms with Crippen molar-refractivity contribution in [3.8, 4) is 5.69 Å². The van der Waals surface area contributed by atoms with E-state index in [1.807, 2.05) is 32.0 Å². The summed E-state index contributed by atoms with van der Waals surface area (Å²) in [6.07, 6.45) is 0. The average molecular weight is 396 g/mol. The lowest BCUT2D eigenvalue weighted by molar-refractivity contribution is -0.119. The number of carbonyl (C=O) groups is 2. The Bertz CT molecular complexity index is 1140. The number of nitrogens with one attached hydrogen (secondary N) is 1. The number of nitrogens with two attached hydrogens (primary N) is 1. The minimum absolute atomic E-state index is 0.223. The highest BCUT2D eigenvalue weighted by Crippen LogP contribution is 2.26. The minimum atomic E-state index is -0.921. The molecule has 0 aliphatic heterocycles. The molecule has 3 N–H and O–H groups in total. The number of hydrogen-bond acceptors (Lipinski definition) is 5. The molecule has 3 rings (SSSR count). The molecule has 1 heterocycles. The first-order chi connectivity index (χ1) is 13.3. The average Bonchev–Trinajstić information content (AvgIpc) is 2.64. The first-order valence-electron chi connectivity index (χ1n) is 8.64. The zero-order valence-electron chi connectivity index (χ0n) is 15.7. The number of carbonyl (C=O) groups excluding carboxylic acids is 2. The molecule has 0 bridgehead atoms. The van der Waals surface area contributed by atoms with Gasteiger partial charge in [-0.25, -0.2) is 9.78 Å². The van der Waals surface area contributed by atoms with E-state index < -0.39 is 17.2 Å². The Morgan fingerprint density at radius 1 is 1.14 bits per heavy atom. The van der Waals surface area contributed by atoms with Crippen molar-refractivity contribution in [2.75, 3.05) is 0 Å². The lowest BCUT2D eigenvalue weighted by Gasteiger charge is -2.16. The summed E-state index contributed by atoms with van der Waals surface area (Å²) >= 11 is 1.09. The Morgan fingerprint density at radius 3 is 2.54 bits per heavy atom. The number of para-hydroxylation sites is 1. The number of hydrogen-bond donors (Lipinski definition) is 2. The van der Waals surface area contributed by atoms with Gasteiger partial charge in [0.25, 0.3) is 5.56 Å². The van der Waals surface area contributed by atoms with Crippen LogP contribution in [0.1, 0.15) is 18.1 Å². The maximum atomic E-state index is 13.2. The number of primary amides is 1. The highest BCUT2D eigenvalue weighted by molar-refractivity contribution is 8.00. The third-order valence-electron chi connectivity index (χ3n) is 4.39. The number of thioether (sulfide) groups is 1. The monoisotopic (exact) mass is 396 g/mol. The molecule has 144 valence electrons. The van der Waals surface area contributed by atoms with Crippen LogP contribution < -0.4 is 16.6 Å². The molecule has 0 radical (unpaired) electrons. The Balaban J connectivity index is 2.17. The van der Waals surface area contributed by atoms with E-state index in [4.69, 9.17) is 5.73 Å². The van der Waals surface area contributed by atoms with E-state index in [2.05, 4.69) is 10.3 Å². The first kappa shape index (κ1) is 19.6. The van der Waals surface area contributed by atoms with Gasteiger partial charge in [0.2, 0.25) is 5.91 Å². The van der Waals surface area contributed by atoms with Crippen LogP contribution in [0, 0.1) is 13.8 Å². The Kier molecular flexibility index (Phi) is 5.51. The summed E-state index contributed by atoms with van der Waals surface area (Å²) in [5.41, 5.74) is 8.14. The summed E-state index contributed by atoms with van der Waals surface area (Å²) in [5.74, 6) is -0.549. The lowest BCUT2D eigenvalue weighted by atomic mass is 10.1. The number of aromatic nitrogens is 2. The van der Waals surface area contributed by atoms with Gasteiger partial charge in [-0.2, -0.15) is 0 Å². The van der Waals surface area contributed by atoms with Gasteiger partial charge in [-0.15, -0.1) is 0 Å². The molecule has 8 heteroatoms. The molecule has 7 nitrogen and oxygen atoms in total. The van der Waals surface area contributed by atoms with Gasteiger partial charge in [0, 0.05) is 0 Å². The quantitative estimate of drug-likeness (QED) is 0.521. The molecule has 1 atom stereocenters. The van der Waals surface area contributed by atoms with Gasteiger partial charge in [0.1, 0.15) is 0 Å². The molecule has 0 saturated heterocycles. The summed E-state index contributed by atoms with van der Waals surface area (Å²) in [7, 11) is 0. The van der Waals surface area contributed by atoms with Gasteiger partial charge in [0.15, 0.2) is 5.16 Å². The fraction of sp³-hybridized carbons (Fsp3) is 0.200. The number of imide groups is 1. The predicted molar refractivity (Wildman–Crippen MR) is 110 cm³/mol. The van der Waals surface area contributed by atoms with Crippen LogP contribution in [0.4, 0.5) is 4.79 Å². The van der Waals surface area contributed by atoms with Gasteiger partial charge < -0.3 is 5.73 Å². The van der Waals surface area contributed by atoms with Crippen molar-refractivity contribution in [3.05, 3.63) is 63.9 Å². The molecule has 3 amide bonds. The van der Waals surface area contributed by atoms with Crippen molar-refractivity contribution in [3.63, 3.8) is 0 Å². The molecule has 0 spiro atoms. The standard InChI is InChI=1S/C20H20N4O3S/c1-11-8-9-14(10-12(11)2)24-18(26)15-6-4-5-7-16(15)22-20(24)28-13(3)17(25)23-19(21)27/h4-10,13H,1-3H3,(H3,21,23,25,27)/t13-/m0/s1. The molecule has 0 saturated carbocycles. The summed E-state index contributed by atoms with van der Waals surface area (Å²) in [4.78, 5) is 40.9. The van der Waals surface area contributed by atoms with E-state index in [1.54, 1.807) is 31.2 Å². The normalized spacial score (nSPS) is 12.0. The number of urea groups is 1. The molecule has 0 fully saturated rings. The summed E-state index contributed by atoms with van der Waals surface area (Å²) in [6, 6.07) is 11.8.